The summed E-state index contributed by atoms with van der Waals surface area (Å²) in [6.45, 7) is 1.62. The van der Waals surface area contributed by atoms with Crippen LogP contribution in [0.5, 0.6) is 5.75 Å². The first kappa shape index (κ1) is 23.5. The second kappa shape index (κ2) is 10.9. The van der Waals surface area contributed by atoms with Crippen LogP contribution in [0.15, 0.2) is 24.3 Å². The molecule has 0 unspecified atom stereocenters. The smallest absolute Gasteiger partial charge is 0.290 e. The summed E-state index contributed by atoms with van der Waals surface area (Å²) in [5.74, 6) is 0.488. The van der Waals surface area contributed by atoms with Gasteiger partial charge in [-0.15, -0.1) is 0 Å². The molecule has 0 aromatic heterocycles. The van der Waals surface area contributed by atoms with Gasteiger partial charge >= 0.3 is 0 Å². The quantitative estimate of drug-likeness (QED) is 0.444. The number of nitriles is 1. The van der Waals surface area contributed by atoms with Crippen molar-refractivity contribution in [1.29, 1.82) is 5.26 Å². The van der Waals surface area contributed by atoms with Gasteiger partial charge in [-0.3, -0.25) is 19.3 Å². The number of nitrogens with two attached hydrogens (primary N) is 1. The number of hydrogen-bond donors (Lipinski definition) is 3. The molecule has 2 saturated heterocycles. The highest BCUT2D eigenvalue weighted by molar-refractivity contribution is 5.91. The third kappa shape index (κ3) is 5.18. The molecule has 4 atom stereocenters. The Morgan fingerprint density at radius 1 is 1.31 bits per heavy atom. The third-order valence-electron chi connectivity index (χ3n) is 6.18. The molecule has 0 bridgehead atoms. The number of carboxylic acid groups (broad SMARTS) is 1. The summed E-state index contributed by atoms with van der Waals surface area (Å²) in [7, 11) is 0. The van der Waals surface area contributed by atoms with E-state index in [1.807, 2.05) is 29.2 Å². The molecule has 3 aliphatic heterocycles. The molecule has 10 heteroatoms. The van der Waals surface area contributed by atoms with Crippen LogP contribution in [0, 0.1) is 11.3 Å². The molecule has 3 aliphatic rings. The first-order chi connectivity index (χ1) is 15.5. The number of hydrogen-bond acceptors (Lipinski definition) is 7. The molecule has 32 heavy (non-hydrogen) atoms. The molecule has 0 aliphatic carbocycles. The van der Waals surface area contributed by atoms with Crippen molar-refractivity contribution in [3.05, 3.63) is 29.8 Å². The zero-order chi connectivity index (χ0) is 23.1. The zero-order valence-corrected chi connectivity index (χ0v) is 17.9. The fourth-order valence-corrected chi connectivity index (χ4v) is 4.73. The van der Waals surface area contributed by atoms with Crippen LogP contribution in [-0.4, -0.2) is 77.6 Å². The van der Waals surface area contributed by atoms with Gasteiger partial charge in [-0.05, 0) is 25.3 Å². The molecule has 4 rings (SSSR count). The van der Waals surface area contributed by atoms with E-state index < -0.39 is 12.1 Å². The van der Waals surface area contributed by atoms with Crippen LogP contribution in [0.3, 0.4) is 0 Å². The summed E-state index contributed by atoms with van der Waals surface area (Å²) < 4.78 is 5.68. The van der Waals surface area contributed by atoms with Gasteiger partial charge in [0.1, 0.15) is 11.8 Å². The van der Waals surface area contributed by atoms with Crippen LogP contribution in [0.1, 0.15) is 37.3 Å². The molecule has 4 N–H and O–H groups in total. The summed E-state index contributed by atoms with van der Waals surface area (Å²) in [6, 6.07) is 8.54. The summed E-state index contributed by atoms with van der Waals surface area (Å²) >= 11 is 0. The maximum atomic E-state index is 13.2. The fraction of sp³-hybridized carbons (Fsp3) is 0.545. The van der Waals surface area contributed by atoms with Crippen molar-refractivity contribution in [2.45, 2.75) is 49.9 Å². The van der Waals surface area contributed by atoms with E-state index in [0.29, 0.717) is 32.5 Å². The van der Waals surface area contributed by atoms with Gasteiger partial charge in [-0.25, -0.2) is 0 Å². The summed E-state index contributed by atoms with van der Waals surface area (Å²) in [5.41, 5.74) is 7.12. The summed E-state index contributed by atoms with van der Waals surface area (Å²) in [5, 5.41) is 19.0. The van der Waals surface area contributed by atoms with Crippen molar-refractivity contribution in [3.63, 3.8) is 0 Å². The SMILES string of the molecule is N#CCN1CC[C@H]2CC[C@@H](C(=O)N[C@@H]3CCOc4ccccc43)N2C(=O)[C@@H](N)C1.O=CO. The highest BCUT2D eigenvalue weighted by Crippen LogP contribution is 2.33. The van der Waals surface area contributed by atoms with Gasteiger partial charge in [-0.2, -0.15) is 5.26 Å². The molecular formula is C22H29N5O5. The number of nitrogens with one attached hydrogen (secondary N) is 1. The highest BCUT2D eigenvalue weighted by Gasteiger charge is 2.44. The molecule has 172 valence electrons. The van der Waals surface area contributed by atoms with E-state index in [1.54, 1.807) is 4.90 Å². The van der Waals surface area contributed by atoms with Crippen molar-refractivity contribution in [1.82, 2.24) is 15.1 Å². The number of rotatable bonds is 3. The number of benzene rings is 1. The van der Waals surface area contributed by atoms with Gasteiger partial charge in [0, 0.05) is 31.1 Å². The first-order valence-corrected chi connectivity index (χ1v) is 10.8. The number of nitrogens with zero attached hydrogens (tertiary/aromatic N) is 3. The van der Waals surface area contributed by atoms with Crippen molar-refractivity contribution in [3.8, 4) is 11.8 Å². The minimum atomic E-state index is -0.719. The van der Waals surface area contributed by atoms with Crippen LogP contribution in [0.2, 0.25) is 0 Å². The minimum Gasteiger partial charge on any atom is -0.493 e. The van der Waals surface area contributed by atoms with E-state index in [4.69, 9.17) is 25.6 Å². The lowest BCUT2D eigenvalue weighted by molar-refractivity contribution is -0.143. The van der Waals surface area contributed by atoms with Crippen molar-refractivity contribution in [2.24, 2.45) is 5.73 Å². The Morgan fingerprint density at radius 3 is 2.81 bits per heavy atom. The second-order valence-electron chi connectivity index (χ2n) is 8.12. The van der Waals surface area contributed by atoms with Gasteiger partial charge in [-0.1, -0.05) is 18.2 Å². The molecule has 1 aromatic rings. The van der Waals surface area contributed by atoms with Gasteiger partial charge < -0.3 is 25.8 Å². The average Bonchev–Trinajstić information content (AvgIpc) is 3.21. The molecule has 1 aromatic carbocycles. The van der Waals surface area contributed by atoms with Crippen LogP contribution in [-0.2, 0) is 14.4 Å². The Balaban J connectivity index is 0.000000913. The molecule has 2 amide bonds. The zero-order valence-electron chi connectivity index (χ0n) is 17.9. The number of carbonyl (C=O) groups is 3. The first-order valence-electron chi connectivity index (χ1n) is 10.8. The van der Waals surface area contributed by atoms with E-state index in [-0.39, 0.29) is 36.9 Å². The van der Waals surface area contributed by atoms with Crippen molar-refractivity contribution in [2.75, 3.05) is 26.2 Å². The summed E-state index contributed by atoms with van der Waals surface area (Å²) in [6.07, 6.45) is 2.87. The van der Waals surface area contributed by atoms with Gasteiger partial charge in [0.05, 0.1) is 31.3 Å². The van der Waals surface area contributed by atoms with Crippen molar-refractivity contribution >= 4 is 18.3 Å². The Kier molecular flexibility index (Phi) is 8.03. The van der Waals surface area contributed by atoms with Gasteiger partial charge in [0.2, 0.25) is 11.8 Å². The largest absolute Gasteiger partial charge is 0.493 e. The van der Waals surface area contributed by atoms with E-state index in [2.05, 4.69) is 11.4 Å². The number of amides is 2. The average molecular weight is 444 g/mol. The number of para-hydroxylation sites is 1. The lowest BCUT2D eigenvalue weighted by atomic mass is 10.00. The maximum Gasteiger partial charge on any atom is 0.290 e. The van der Waals surface area contributed by atoms with Gasteiger partial charge in [0.15, 0.2) is 0 Å². The molecule has 10 nitrogen and oxygen atoms in total. The molecule has 0 radical (unpaired) electrons. The monoisotopic (exact) mass is 443 g/mol. The standard InChI is InChI=1S/C21H27N5O3.CH2O2/c22-9-11-25-10-7-14-5-6-18(26(14)21(28)16(23)13-25)20(27)24-17-8-12-29-19-4-2-1-3-15(17)19;2-1-3/h1-4,14,16-18H,5-8,10-13,23H2,(H,24,27);1H,(H,2,3)/t14-,16+,17-,18+;/m1./s1. The fourth-order valence-electron chi connectivity index (χ4n) is 4.73. The highest BCUT2D eigenvalue weighted by atomic mass is 16.5. The Morgan fingerprint density at radius 2 is 2.06 bits per heavy atom. The molecule has 0 spiro atoms. The van der Waals surface area contributed by atoms with Crippen LogP contribution < -0.4 is 15.8 Å². The molecule has 0 saturated carbocycles. The predicted octanol–water partition coefficient (Wildman–Crippen LogP) is 0.243. The summed E-state index contributed by atoms with van der Waals surface area (Å²) in [4.78, 5) is 38.2. The van der Waals surface area contributed by atoms with E-state index in [0.717, 1.165) is 24.2 Å². The minimum absolute atomic E-state index is 0.00670. The number of fused-ring (bicyclic) bond motifs is 2. The second-order valence-corrected chi connectivity index (χ2v) is 8.12. The van der Waals surface area contributed by atoms with Crippen molar-refractivity contribution < 1.29 is 24.2 Å². The maximum absolute atomic E-state index is 13.2. The molecular weight excluding hydrogens is 414 g/mol. The Labute approximate surface area is 186 Å². The van der Waals surface area contributed by atoms with Crippen LogP contribution in [0.25, 0.3) is 0 Å². The lowest BCUT2D eigenvalue weighted by Crippen LogP contribution is -2.58. The van der Waals surface area contributed by atoms with E-state index in [9.17, 15) is 9.59 Å². The van der Waals surface area contributed by atoms with E-state index >= 15 is 0 Å². The lowest BCUT2D eigenvalue weighted by Gasteiger charge is -2.37. The Bertz CT molecular complexity index is 873. The molecule has 2 fully saturated rings. The number of ether oxygens (including phenoxy) is 1. The predicted molar refractivity (Wildman–Crippen MR) is 114 cm³/mol. The van der Waals surface area contributed by atoms with Gasteiger partial charge in [0.25, 0.3) is 6.47 Å². The van der Waals surface area contributed by atoms with Crippen LogP contribution >= 0.6 is 0 Å². The normalized spacial score (nSPS) is 27.2. The number of carbonyl (C=O) groups excluding carboxylic acids is 2. The molecule has 3 heterocycles. The Hall–Kier alpha value is -3.16. The van der Waals surface area contributed by atoms with E-state index in [1.165, 1.54) is 0 Å². The van der Waals surface area contributed by atoms with Crippen LogP contribution in [0.4, 0.5) is 0 Å². The third-order valence-corrected chi connectivity index (χ3v) is 6.18. The topological polar surface area (TPSA) is 149 Å².